The molecule has 18 heavy (non-hydrogen) atoms. The first-order valence-corrected chi connectivity index (χ1v) is 6.04. The number of nitrogens with zero attached hydrogens (tertiary/aromatic N) is 2. The number of amides is 2. The van der Waals surface area contributed by atoms with Crippen LogP contribution in [-0.2, 0) is 9.59 Å². The molecule has 2 aliphatic rings. The summed E-state index contributed by atoms with van der Waals surface area (Å²) in [6, 6.07) is 0.00883. The number of nitrogens with one attached hydrogen (secondary N) is 1. The van der Waals surface area contributed by atoms with Crippen molar-refractivity contribution in [2.75, 3.05) is 13.1 Å². The van der Waals surface area contributed by atoms with Gasteiger partial charge in [0, 0.05) is 26.1 Å². The molecular formula is C11H18N4O3. The van der Waals surface area contributed by atoms with Gasteiger partial charge in [0.1, 0.15) is 5.41 Å². The fourth-order valence-electron chi connectivity index (χ4n) is 2.45. The summed E-state index contributed by atoms with van der Waals surface area (Å²) in [6.07, 6.45) is 2.00. The molecule has 0 aromatic rings. The topological polar surface area (TPSA) is 108 Å². The molecule has 0 aromatic carbocycles. The number of nitrogens with two attached hydrogens (primary N) is 1. The Morgan fingerprint density at radius 3 is 2.67 bits per heavy atom. The van der Waals surface area contributed by atoms with Gasteiger partial charge in [0.15, 0.2) is 5.84 Å². The number of carbonyl (C=O) groups excluding carboxylic acids is 2. The van der Waals surface area contributed by atoms with Crippen LogP contribution in [-0.4, -0.2) is 46.9 Å². The van der Waals surface area contributed by atoms with Crippen LogP contribution in [0.15, 0.2) is 5.16 Å². The standard InChI is InChI=1S/C11H18N4O3/c1-7(16)13-8-2-5-15(6-8)10(17)11(3-4-11)9(12)14-18/h8,18H,2-6H2,1H3,(H2,12,14)(H,13,16). The third kappa shape index (κ3) is 2.12. The van der Waals surface area contributed by atoms with Crippen molar-refractivity contribution in [2.24, 2.45) is 16.3 Å². The van der Waals surface area contributed by atoms with Gasteiger partial charge in [0.05, 0.1) is 0 Å². The highest BCUT2D eigenvalue weighted by atomic mass is 16.4. The third-order valence-electron chi connectivity index (χ3n) is 3.64. The van der Waals surface area contributed by atoms with E-state index < -0.39 is 5.41 Å². The van der Waals surface area contributed by atoms with E-state index in [9.17, 15) is 9.59 Å². The number of likely N-dealkylation sites (tertiary alicyclic amines) is 1. The predicted octanol–water partition coefficient (Wildman–Crippen LogP) is -0.750. The van der Waals surface area contributed by atoms with E-state index in [1.54, 1.807) is 4.90 Å². The molecule has 0 aromatic heterocycles. The molecule has 1 aliphatic heterocycles. The Balaban J connectivity index is 1.98. The number of rotatable bonds is 3. The Labute approximate surface area is 105 Å². The molecule has 100 valence electrons. The maximum atomic E-state index is 12.3. The first-order valence-electron chi connectivity index (χ1n) is 6.04. The van der Waals surface area contributed by atoms with E-state index in [0.29, 0.717) is 25.9 Å². The summed E-state index contributed by atoms with van der Waals surface area (Å²) in [5.74, 6) is -0.187. The van der Waals surface area contributed by atoms with Gasteiger partial charge in [-0.2, -0.15) is 0 Å². The van der Waals surface area contributed by atoms with E-state index in [4.69, 9.17) is 10.9 Å². The van der Waals surface area contributed by atoms with Gasteiger partial charge in [-0.15, -0.1) is 0 Å². The minimum Gasteiger partial charge on any atom is -0.409 e. The minimum atomic E-state index is -0.792. The number of hydrogen-bond acceptors (Lipinski definition) is 4. The van der Waals surface area contributed by atoms with E-state index in [2.05, 4.69) is 10.5 Å². The fraction of sp³-hybridized carbons (Fsp3) is 0.727. The molecule has 7 heteroatoms. The Bertz CT molecular complexity index is 403. The van der Waals surface area contributed by atoms with Gasteiger partial charge in [0.2, 0.25) is 11.8 Å². The molecule has 0 spiro atoms. The summed E-state index contributed by atoms with van der Waals surface area (Å²) < 4.78 is 0. The van der Waals surface area contributed by atoms with Gasteiger partial charge in [-0.3, -0.25) is 9.59 Å². The molecule has 0 bridgehead atoms. The number of carbonyl (C=O) groups is 2. The van der Waals surface area contributed by atoms with Crippen molar-refractivity contribution in [3.8, 4) is 0 Å². The summed E-state index contributed by atoms with van der Waals surface area (Å²) in [7, 11) is 0. The van der Waals surface area contributed by atoms with Crippen LogP contribution in [0, 0.1) is 5.41 Å². The Kier molecular flexibility index (Phi) is 3.14. The fourth-order valence-corrected chi connectivity index (χ4v) is 2.45. The molecule has 7 nitrogen and oxygen atoms in total. The first kappa shape index (κ1) is 12.7. The molecule has 1 atom stereocenters. The van der Waals surface area contributed by atoms with Crippen LogP contribution in [0.1, 0.15) is 26.2 Å². The van der Waals surface area contributed by atoms with E-state index in [0.717, 1.165) is 6.42 Å². The average Bonchev–Trinajstić information content (AvgIpc) is 3.02. The van der Waals surface area contributed by atoms with Crippen molar-refractivity contribution in [3.05, 3.63) is 0 Å². The van der Waals surface area contributed by atoms with Crippen molar-refractivity contribution in [1.82, 2.24) is 10.2 Å². The lowest BCUT2D eigenvalue weighted by atomic mass is 10.0. The molecule has 2 fully saturated rings. The Morgan fingerprint density at radius 2 is 2.17 bits per heavy atom. The molecule has 4 N–H and O–H groups in total. The normalized spacial score (nSPS) is 25.9. The molecule has 1 saturated carbocycles. The van der Waals surface area contributed by atoms with Crippen molar-refractivity contribution in [2.45, 2.75) is 32.2 Å². The van der Waals surface area contributed by atoms with Crippen molar-refractivity contribution < 1.29 is 14.8 Å². The first-order chi connectivity index (χ1) is 8.49. The zero-order valence-corrected chi connectivity index (χ0v) is 10.3. The van der Waals surface area contributed by atoms with Crippen molar-refractivity contribution in [3.63, 3.8) is 0 Å². The molecule has 2 amide bonds. The maximum absolute atomic E-state index is 12.3. The Hall–Kier alpha value is -1.79. The van der Waals surface area contributed by atoms with Gasteiger partial charge >= 0.3 is 0 Å². The van der Waals surface area contributed by atoms with Crippen LogP contribution in [0.4, 0.5) is 0 Å². The number of hydrogen-bond donors (Lipinski definition) is 3. The Morgan fingerprint density at radius 1 is 1.50 bits per heavy atom. The van der Waals surface area contributed by atoms with Gasteiger partial charge in [-0.1, -0.05) is 5.16 Å². The maximum Gasteiger partial charge on any atom is 0.236 e. The van der Waals surface area contributed by atoms with Crippen LogP contribution in [0.25, 0.3) is 0 Å². The second-order valence-corrected chi connectivity index (χ2v) is 5.00. The molecule has 2 rings (SSSR count). The molecule has 1 saturated heterocycles. The van der Waals surface area contributed by atoms with Crippen LogP contribution in [0.3, 0.4) is 0 Å². The predicted molar refractivity (Wildman–Crippen MR) is 63.9 cm³/mol. The lowest BCUT2D eigenvalue weighted by Gasteiger charge is -2.22. The summed E-state index contributed by atoms with van der Waals surface area (Å²) in [4.78, 5) is 24.9. The summed E-state index contributed by atoms with van der Waals surface area (Å²) in [6.45, 7) is 2.56. The summed E-state index contributed by atoms with van der Waals surface area (Å²) >= 11 is 0. The lowest BCUT2D eigenvalue weighted by Crippen LogP contribution is -2.44. The van der Waals surface area contributed by atoms with E-state index in [1.807, 2.05) is 0 Å². The van der Waals surface area contributed by atoms with Crippen molar-refractivity contribution >= 4 is 17.6 Å². The van der Waals surface area contributed by atoms with Crippen molar-refractivity contribution in [1.29, 1.82) is 0 Å². The molecule has 0 radical (unpaired) electrons. The van der Waals surface area contributed by atoms with Gasteiger partial charge in [0.25, 0.3) is 0 Å². The zero-order chi connectivity index (χ0) is 13.3. The molecule has 1 aliphatic carbocycles. The lowest BCUT2D eigenvalue weighted by molar-refractivity contribution is -0.133. The number of oxime groups is 1. The van der Waals surface area contributed by atoms with Crippen LogP contribution < -0.4 is 11.1 Å². The van der Waals surface area contributed by atoms with Gasteiger partial charge in [-0.05, 0) is 19.3 Å². The highest BCUT2D eigenvalue weighted by Gasteiger charge is 2.56. The van der Waals surface area contributed by atoms with Crippen LogP contribution in [0.5, 0.6) is 0 Å². The third-order valence-corrected chi connectivity index (χ3v) is 3.64. The highest BCUT2D eigenvalue weighted by Crippen LogP contribution is 2.47. The minimum absolute atomic E-state index is 0.00419. The summed E-state index contributed by atoms with van der Waals surface area (Å²) in [5.41, 5.74) is 4.79. The monoisotopic (exact) mass is 254 g/mol. The van der Waals surface area contributed by atoms with Gasteiger partial charge in [-0.25, -0.2) is 0 Å². The second-order valence-electron chi connectivity index (χ2n) is 5.00. The average molecular weight is 254 g/mol. The molecular weight excluding hydrogens is 236 g/mol. The molecule has 1 unspecified atom stereocenters. The summed E-state index contributed by atoms with van der Waals surface area (Å²) in [5, 5.41) is 14.5. The SMILES string of the molecule is CC(=O)NC1CCN(C(=O)C2(C(N)=NO)CC2)C1. The number of amidine groups is 1. The van der Waals surface area contributed by atoms with Crippen LogP contribution in [0.2, 0.25) is 0 Å². The van der Waals surface area contributed by atoms with E-state index in [-0.39, 0.29) is 23.7 Å². The smallest absolute Gasteiger partial charge is 0.236 e. The quantitative estimate of drug-likeness (QED) is 0.266. The largest absolute Gasteiger partial charge is 0.409 e. The zero-order valence-electron chi connectivity index (χ0n) is 10.3. The molecule has 1 heterocycles. The van der Waals surface area contributed by atoms with E-state index in [1.165, 1.54) is 6.92 Å². The van der Waals surface area contributed by atoms with E-state index >= 15 is 0 Å². The second kappa shape index (κ2) is 4.47. The van der Waals surface area contributed by atoms with Gasteiger partial charge < -0.3 is 21.2 Å². The highest BCUT2D eigenvalue weighted by molar-refractivity contribution is 6.09. The van der Waals surface area contributed by atoms with Crippen LogP contribution >= 0.6 is 0 Å².